The maximum atomic E-state index is 11.7. The molecule has 1 amide bonds. The summed E-state index contributed by atoms with van der Waals surface area (Å²) in [7, 11) is 0. The van der Waals surface area contributed by atoms with E-state index in [0.29, 0.717) is 6.42 Å². The number of carbonyl (C=O) groups is 2. The molecule has 1 saturated heterocycles. The third-order valence-electron chi connectivity index (χ3n) is 4.42. The number of ether oxygens (including phenoxy) is 2. The molecule has 26 heavy (non-hydrogen) atoms. The van der Waals surface area contributed by atoms with E-state index in [-0.39, 0.29) is 25.4 Å². The Bertz CT molecular complexity index is 432. The Morgan fingerprint density at radius 3 is 2.31 bits per heavy atom. The third kappa shape index (κ3) is 7.57. The van der Waals surface area contributed by atoms with Crippen LogP contribution in [0, 0.1) is 0 Å². The molecule has 4 N–H and O–H groups in total. The molecule has 0 aromatic heterocycles. The second kappa shape index (κ2) is 12.2. The predicted octanol–water partition coefficient (Wildman–Crippen LogP) is 0.614. The molecule has 1 aliphatic rings. The van der Waals surface area contributed by atoms with E-state index in [1.807, 2.05) is 6.92 Å². The molecule has 0 spiro atoms. The molecule has 152 valence electrons. The minimum absolute atomic E-state index is 0.241. The van der Waals surface area contributed by atoms with Gasteiger partial charge in [0.25, 0.3) is 0 Å². The van der Waals surface area contributed by atoms with Gasteiger partial charge in [-0.1, -0.05) is 39.5 Å². The summed E-state index contributed by atoms with van der Waals surface area (Å²) in [6, 6.07) is -1.13. The van der Waals surface area contributed by atoms with Crippen LogP contribution in [0.25, 0.3) is 0 Å². The summed E-state index contributed by atoms with van der Waals surface area (Å²) in [6.45, 7) is 3.68. The Labute approximate surface area is 154 Å². The number of carbonyl (C=O) groups excluding carboxylic acids is 2. The zero-order valence-electron chi connectivity index (χ0n) is 15.7. The largest absolute Gasteiger partial charge is 0.463 e. The van der Waals surface area contributed by atoms with E-state index < -0.39 is 36.6 Å². The molecule has 1 aliphatic heterocycles. The second-order valence-electron chi connectivity index (χ2n) is 6.74. The van der Waals surface area contributed by atoms with Crippen molar-refractivity contribution in [2.75, 3.05) is 6.61 Å². The molecule has 5 atom stereocenters. The highest BCUT2D eigenvalue weighted by Crippen LogP contribution is 2.21. The maximum Gasteiger partial charge on any atom is 0.305 e. The lowest BCUT2D eigenvalue weighted by Gasteiger charge is -2.40. The maximum absolute atomic E-state index is 11.7. The average Bonchev–Trinajstić information content (AvgIpc) is 2.60. The van der Waals surface area contributed by atoms with Crippen molar-refractivity contribution in [1.82, 2.24) is 5.32 Å². The van der Waals surface area contributed by atoms with Gasteiger partial charge in [-0.05, 0) is 12.8 Å². The lowest BCUT2D eigenvalue weighted by molar-refractivity contribution is -0.255. The van der Waals surface area contributed by atoms with Crippen molar-refractivity contribution in [3.8, 4) is 0 Å². The van der Waals surface area contributed by atoms with E-state index in [1.165, 1.54) is 0 Å². The van der Waals surface area contributed by atoms with Gasteiger partial charge in [0, 0.05) is 12.8 Å². The van der Waals surface area contributed by atoms with Gasteiger partial charge in [0.15, 0.2) is 6.29 Å². The first-order valence-corrected chi connectivity index (χ1v) is 9.55. The number of aliphatic hydroxyl groups is 3. The summed E-state index contributed by atoms with van der Waals surface area (Å²) in [5.74, 6) is -0.751. The van der Waals surface area contributed by atoms with Crippen molar-refractivity contribution in [2.24, 2.45) is 0 Å². The van der Waals surface area contributed by atoms with Crippen molar-refractivity contribution in [1.29, 1.82) is 0 Å². The quantitative estimate of drug-likeness (QED) is 0.308. The topological polar surface area (TPSA) is 125 Å². The van der Waals surface area contributed by atoms with E-state index in [0.717, 1.165) is 32.1 Å². The lowest BCUT2D eigenvalue weighted by atomic mass is 9.97. The van der Waals surface area contributed by atoms with Crippen molar-refractivity contribution < 1.29 is 34.4 Å². The minimum Gasteiger partial charge on any atom is -0.463 e. The van der Waals surface area contributed by atoms with Crippen LogP contribution in [-0.4, -0.2) is 64.4 Å². The van der Waals surface area contributed by atoms with Crippen LogP contribution in [0.2, 0.25) is 0 Å². The highest BCUT2D eigenvalue weighted by molar-refractivity contribution is 5.76. The van der Waals surface area contributed by atoms with Gasteiger partial charge in [-0.15, -0.1) is 0 Å². The molecule has 0 saturated carbocycles. The molecule has 1 unspecified atom stereocenters. The van der Waals surface area contributed by atoms with Crippen LogP contribution in [0.3, 0.4) is 0 Å². The number of rotatable bonds is 11. The highest BCUT2D eigenvalue weighted by atomic mass is 16.6. The van der Waals surface area contributed by atoms with Crippen LogP contribution in [0.15, 0.2) is 0 Å². The molecule has 8 nitrogen and oxygen atoms in total. The zero-order chi connectivity index (χ0) is 19.5. The van der Waals surface area contributed by atoms with Crippen LogP contribution >= 0.6 is 0 Å². The zero-order valence-corrected chi connectivity index (χ0v) is 15.7. The molecule has 1 fully saturated rings. The Kier molecular flexibility index (Phi) is 10.7. The summed E-state index contributed by atoms with van der Waals surface area (Å²) >= 11 is 0. The summed E-state index contributed by atoms with van der Waals surface area (Å²) in [4.78, 5) is 23.4. The first-order valence-electron chi connectivity index (χ1n) is 9.55. The van der Waals surface area contributed by atoms with Gasteiger partial charge >= 0.3 is 5.97 Å². The van der Waals surface area contributed by atoms with Crippen LogP contribution in [0.1, 0.15) is 65.2 Å². The minimum atomic E-state index is -1.49. The molecule has 1 rings (SSSR count). The molecule has 0 aliphatic carbocycles. The lowest BCUT2D eigenvalue weighted by Crippen LogP contribution is -2.64. The highest BCUT2D eigenvalue weighted by Gasteiger charge is 2.44. The van der Waals surface area contributed by atoms with Crippen LogP contribution in [0.4, 0.5) is 0 Å². The number of nitrogens with one attached hydrogen (secondary N) is 1. The van der Waals surface area contributed by atoms with E-state index in [2.05, 4.69) is 12.2 Å². The van der Waals surface area contributed by atoms with E-state index >= 15 is 0 Å². The van der Waals surface area contributed by atoms with Gasteiger partial charge < -0.3 is 30.1 Å². The number of hydrogen-bond acceptors (Lipinski definition) is 7. The fourth-order valence-electron chi connectivity index (χ4n) is 2.85. The van der Waals surface area contributed by atoms with Crippen LogP contribution in [-0.2, 0) is 19.1 Å². The molecule has 8 heteroatoms. The molecule has 0 bridgehead atoms. The Hall–Kier alpha value is -1.22. The number of amides is 1. The van der Waals surface area contributed by atoms with Gasteiger partial charge in [0.2, 0.25) is 5.91 Å². The SMILES string of the molecule is CCCCCCCC(=O)OC[C@H]1OC(O)[C@H](NC(=O)CCC)[C@@H](O)[C@@H]1O. The predicted molar refractivity (Wildman–Crippen MR) is 94.1 cm³/mol. The molecular formula is C18H33NO7. The first-order chi connectivity index (χ1) is 12.4. The van der Waals surface area contributed by atoms with Gasteiger partial charge in [0.1, 0.15) is 31.0 Å². The molecule has 0 aromatic carbocycles. The monoisotopic (exact) mass is 375 g/mol. The van der Waals surface area contributed by atoms with E-state index in [1.54, 1.807) is 0 Å². The molecule has 0 radical (unpaired) electrons. The van der Waals surface area contributed by atoms with Crippen LogP contribution in [0.5, 0.6) is 0 Å². The van der Waals surface area contributed by atoms with E-state index in [9.17, 15) is 24.9 Å². The summed E-state index contributed by atoms with van der Waals surface area (Å²) < 4.78 is 10.3. The molecular weight excluding hydrogens is 342 g/mol. The molecule has 1 heterocycles. The summed E-state index contributed by atoms with van der Waals surface area (Å²) in [5, 5.41) is 32.7. The normalized spacial score (nSPS) is 28.6. The van der Waals surface area contributed by atoms with Crippen molar-refractivity contribution in [2.45, 2.75) is 95.9 Å². The van der Waals surface area contributed by atoms with Crippen molar-refractivity contribution >= 4 is 11.9 Å². The second-order valence-corrected chi connectivity index (χ2v) is 6.74. The Balaban J connectivity index is 2.38. The Morgan fingerprint density at radius 2 is 1.65 bits per heavy atom. The van der Waals surface area contributed by atoms with E-state index in [4.69, 9.17) is 9.47 Å². The van der Waals surface area contributed by atoms with Crippen molar-refractivity contribution in [3.05, 3.63) is 0 Å². The summed E-state index contributed by atoms with van der Waals surface area (Å²) in [5.41, 5.74) is 0. The number of esters is 1. The number of aliphatic hydroxyl groups excluding tert-OH is 3. The first kappa shape index (κ1) is 22.8. The smallest absolute Gasteiger partial charge is 0.305 e. The molecule has 0 aromatic rings. The van der Waals surface area contributed by atoms with Crippen molar-refractivity contribution in [3.63, 3.8) is 0 Å². The average molecular weight is 375 g/mol. The van der Waals surface area contributed by atoms with Gasteiger partial charge in [-0.2, -0.15) is 0 Å². The van der Waals surface area contributed by atoms with Gasteiger partial charge in [-0.25, -0.2) is 0 Å². The van der Waals surface area contributed by atoms with Crippen LogP contribution < -0.4 is 5.32 Å². The third-order valence-corrected chi connectivity index (χ3v) is 4.42. The Morgan fingerprint density at radius 1 is 0.962 bits per heavy atom. The number of unbranched alkanes of at least 4 members (excludes halogenated alkanes) is 4. The fourth-order valence-corrected chi connectivity index (χ4v) is 2.85. The fraction of sp³-hybridized carbons (Fsp3) is 0.889. The standard InChI is InChI=1S/C18H33NO7/c1-3-5-6-7-8-10-14(21)25-11-12-16(22)17(23)15(18(24)26-12)19-13(20)9-4-2/h12,15-18,22-24H,3-11H2,1-2H3,(H,19,20)/t12-,15-,16-,17-,18?/m1/s1. The summed E-state index contributed by atoms with van der Waals surface area (Å²) in [6.07, 6.45) is 0.845. The number of hydrogen-bond donors (Lipinski definition) is 4. The van der Waals surface area contributed by atoms with Gasteiger partial charge in [0.05, 0.1) is 0 Å². The van der Waals surface area contributed by atoms with Gasteiger partial charge in [-0.3, -0.25) is 9.59 Å².